The van der Waals surface area contributed by atoms with Crippen molar-refractivity contribution in [3.05, 3.63) is 75.1 Å². The van der Waals surface area contributed by atoms with E-state index in [1.54, 1.807) is 18.2 Å². The van der Waals surface area contributed by atoms with E-state index >= 15 is 0 Å². The molecule has 0 radical (unpaired) electrons. The Balaban J connectivity index is 1.46. The highest BCUT2D eigenvalue weighted by molar-refractivity contribution is 8.26. The Morgan fingerprint density at radius 3 is 2.61 bits per heavy atom. The zero-order valence-corrected chi connectivity index (χ0v) is 19.1. The molecule has 1 saturated heterocycles. The first kappa shape index (κ1) is 23.0. The Labute approximate surface area is 195 Å². The summed E-state index contributed by atoms with van der Waals surface area (Å²) in [6.07, 6.45) is 2.35. The van der Waals surface area contributed by atoms with Crippen LogP contribution in [0.3, 0.4) is 0 Å². The van der Waals surface area contributed by atoms with E-state index < -0.39 is 5.91 Å². The minimum atomic E-state index is -0.464. The smallest absolute Gasteiger partial charge is 0.269 e. The van der Waals surface area contributed by atoms with Gasteiger partial charge in [0.15, 0.2) is 0 Å². The Hall–Kier alpha value is -2.68. The second-order valence-electron chi connectivity index (χ2n) is 6.86. The van der Waals surface area contributed by atoms with Gasteiger partial charge in [-0.2, -0.15) is 0 Å². The molecule has 0 saturated carbocycles. The number of hydrogen-bond acceptors (Lipinski definition) is 5. The lowest BCUT2D eigenvalue weighted by Crippen LogP contribution is -2.41. The summed E-state index contributed by atoms with van der Waals surface area (Å²) < 4.78 is 0.470. The number of amides is 3. The second kappa shape index (κ2) is 10.6. The highest BCUT2D eigenvalue weighted by Crippen LogP contribution is 2.32. The van der Waals surface area contributed by atoms with Crippen molar-refractivity contribution >= 4 is 63.7 Å². The van der Waals surface area contributed by atoms with Crippen molar-refractivity contribution in [3.63, 3.8) is 0 Å². The molecule has 1 aliphatic heterocycles. The van der Waals surface area contributed by atoms with Gasteiger partial charge in [0.1, 0.15) is 4.32 Å². The Morgan fingerprint density at radius 2 is 1.90 bits per heavy atom. The van der Waals surface area contributed by atoms with E-state index in [4.69, 9.17) is 23.8 Å². The van der Waals surface area contributed by atoms with Crippen LogP contribution in [0.2, 0.25) is 5.02 Å². The summed E-state index contributed by atoms with van der Waals surface area (Å²) in [5, 5.41) is 0.430. The standard InChI is InChI=1S/C22H20ClN3O3S2/c1-14-7-9-15(10-8-14)12-18-21(29)26(22(30)31-18)11-3-6-19(27)24-25-20(28)16-4-2-5-17(23)13-16/h2,4-5,7-10,12-13H,3,6,11H2,1H3,(H,24,27)(H,25,28). The van der Waals surface area contributed by atoms with Crippen molar-refractivity contribution in [2.24, 2.45) is 0 Å². The number of rotatable bonds is 6. The number of aryl methyl sites for hydroxylation is 1. The highest BCUT2D eigenvalue weighted by atomic mass is 35.5. The van der Waals surface area contributed by atoms with E-state index in [0.29, 0.717) is 32.8 Å². The molecule has 2 aromatic rings. The van der Waals surface area contributed by atoms with E-state index in [0.717, 1.165) is 11.1 Å². The van der Waals surface area contributed by atoms with E-state index in [2.05, 4.69) is 10.9 Å². The molecule has 2 N–H and O–H groups in total. The first-order chi connectivity index (χ1) is 14.8. The predicted molar refractivity (Wildman–Crippen MR) is 127 cm³/mol. The molecule has 0 atom stereocenters. The molecule has 0 spiro atoms. The Bertz CT molecular complexity index is 1050. The van der Waals surface area contributed by atoms with Gasteiger partial charge in [-0.3, -0.25) is 30.1 Å². The van der Waals surface area contributed by atoms with Gasteiger partial charge in [-0.05, 0) is 43.2 Å². The first-order valence-electron chi connectivity index (χ1n) is 9.50. The molecule has 0 bridgehead atoms. The minimum absolute atomic E-state index is 0.129. The van der Waals surface area contributed by atoms with Crippen molar-refractivity contribution < 1.29 is 14.4 Å². The van der Waals surface area contributed by atoms with Gasteiger partial charge in [0.25, 0.3) is 11.8 Å². The highest BCUT2D eigenvalue weighted by Gasteiger charge is 2.31. The van der Waals surface area contributed by atoms with Crippen LogP contribution in [0.1, 0.15) is 34.3 Å². The average Bonchev–Trinajstić information content (AvgIpc) is 3.01. The van der Waals surface area contributed by atoms with Crippen LogP contribution in [0.4, 0.5) is 0 Å². The van der Waals surface area contributed by atoms with Crippen LogP contribution in [0.5, 0.6) is 0 Å². The molecule has 1 fully saturated rings. The predicted octanol–water partition coefficient (Wildman–Crippen LogP) is 4.09. The Kier molecular flexibility index (Phi) is 7.84. The summed E-state index contributed by atoms with van der Waals surface area (Å²) in [5.74, 6) is -0.990. The number of nitrogens with one attached hydrogen (secondary N) is 2. The summed E-state index contributed by atoms with van der Waals surface area (Å²) in [7, 11) is 0. The number of hydrogen-bond donors (Lipinski definition) is 2. The number of hydrazine groups is 1. The molecular weight excluding hydrogens is 454 g/mol. The Morgan fingerprint density at radius 1 is 1.16 bits per heavy atom. The fourth-order valence-electron chi connectivity index (χ4n) is 2.80. The molecule has 6 nitrogen and oxygen atoms in total. The van der Waals surface area contributed by atoms with Gasteiger partial charge in [0.2, 0.25) is 5.91 Å². The maximum absolute atomic E-state index is 12.6. The molecule has 0 unspecified atom stereocenters. The summed E-state index contributed by atoms with van der Waals surface area (Å²) in [6, 6.07) is 14.3. The number of thiocarbonyl (C=S) groups is 1. The number of halogens is 1. The lowest BCUT2D eigenvalue weighted by molar-refractivity contribution is -0.124. The van der Waals surface area contributed by atoms with Crippen molar-refractivity contribution in [3.8, 4) is 0 Å². The van der Waals surface area contributed by atoms with Gasteiger partial charge in [-0.25, -0.2) is 0 Å². The van der Waals surface area contributed by atoms with Crippen LogP contribution in [-0.4, -0.2) is 33.5 Å². The molecule has 9 heteroatoms. The van der Waals surface area contributed by atoms with E-state index in [1.807, 2.05) is 37.3 Å². The minimum Gasteiger partial charge on any atom is -0.293 e. The monoisotopic (exact) mass is 473 g/mol. The fourth-order valence-corrected chi connectivity index (χ4v) is 4.29. The zero-order valence-electron chi connectivity index (χ0n) is 16.7. The van der Waals surface area contributed by atoms with Crippen molar-refractivity contribution in [2.75, 3.05) is 6.54 Å². The molecule has 0 aliphatic carbocycles. The first-order valence-corrected chi connectivity index (χ1v) is 11.1. The van der Waals surface area contributed by atoms with Crippen LogP contribution in [0.25, 0.3) is 6.08 Å². The van der Waals surface area contributed by atoms with Crippen molar-refractivity contribution in [1.82, 2.24) is 15.8 Å². The number of carbonyl (C=O) groups excluding carboxylic acids is 3. The summed E-state index contributed by atoms with van der Waals surface area (Å²) in [4.78, 5) is 38.7. The third-order valence-electron chi connectivity index (χ3n) is 4.44. The average molecular weight is 474 g/mol. The lowest BCUT2D eigenvalue weighted by atomic mass is 10.1. The van der Waals surface area contributed by atoms with E-state index in [-0.39, 0.29) is 18.2 Å². The van der Waals surface area contributed by atoms with Gasteiger partial charge in [-0.15, -0.1) is 0 Å². The largest absolute Gasteiger partial charge is 0.293 e. The van der Waals surface area contributed by atoms with Gasteiger partial charge >= 0.3 is 0 Å². The van der Waals surface area contributed by atoms with Crippen LogP contribution >= 0.6 is 35.6 Å². The summed E-state index contributed by atoms with van der Waals surface area (Å²) in [6.45, 7) is 2.33. The second-order valence-corrected chi connectivity index (χ2v) is 8.97. The molecular formula is C22H20ClN3O3S2. The van der Waals surface area contributed by atoms with Gasteiger partial charge in [-0.1, -0.05) is 71.5 Å². The number of carbonyl (C=O) groups is 3. The van der Waals surface area contributed by atoms with Crippen molar-refractivity contribution in [2.45, 2.75) is 19.8 Å². The molecule has 31 heavy (non-hydrogen) atoms. The summed E-state index contributed by atoms with van der Waals surface area (Å²) in [5.41, 5.74) is 7.12. The topological polar surface area (TPSA) is 78.5 Å². The van der Waals surface area contributed by atoms with Gasteiger partial charge < -0.3 is 0 Å². The van der Waals surface area contributed by atoms with Crippen LogP contribution in [0, 0.1) is 6.92 Å². The van der Waals surface area contributed by atoms with Crippen LogP contribution < -0.4 is 10.9 Å². The zero-order chi connectivity index (χ0) is 22.4. The molecule has 1 heterocycles. The number of nitrogens with zero attached hydrogens (tertiary/aromatic N) is 1. The summed E-state index contributed by atoms with van der Waals surface area (Å²) >= 11 is 12.4. The quantitative estimate of drug-likeness (QED) is 0.375. The lowest BCUT2D eigenvalue weighted by Gasteiger charge is -2.14. The van der Waals surface area contributed by atoms with E-state index in [1.165, 1.54) is 22.7 Å². The maximum atomic E-state index is 12.6. The van der Waals surface area contributed by atoms with Gasteiger partial charge in [0.05, 0.1) is 4.91 Å². The molecule has 1 aliphatic rings. The van der Waals surface area contributed by atoms with Crippen LogP contribution in [-0.2, 0) is 9.59 Å². The maximum Gasteiger partial charge on any atom is 0.269 e. The number of benzene rings is 2. The molecule has 0 aromatic heterocycles. The SMILES string of the molecule is Cc1ccc(C=C2SC(=S)N(CCCC(=O)NNC(=O)c3cccc(Cl)c3)C2=O)cc1. The van der Waals surface area contributed by atoms with Crippen LogP contribution in [0.15, 0.2) is 53.4 Å². The third-order valence-corrected chi connectivity index (χ3v) is 6.05. The third kappa shape index (κ3) is 6.40. The molecule has 2 aromatic carbocycles. The van der Waals surface area contributed by atoms with Gasteiger partial charge in [0, 0.05) is 23.6 Å². The number of thioether (sulfide) groups is 1. The molecule has 3 rings (SSSR count). The molecule has 160 valence electrons. The van der Waals surface area contributed by atoms with E-state index in [9.17, 15) is 14.4 Å². The fraction of sp³-hybridized carbons (Fsp3) is 0.182. The normalized spacial score (nSPS) is 14.8. The molecule has 3 amide bonds. The van der Waals surface area contributed by atoms with Crippen molar-refractivity contribution in [1.29, 1.82) is 0 Å².